The molecule has 3 rings (SSSR count). The minimum atomic E-state index is -2.85. The summed E-state index contributed by atoms with van der Waals surface area (Å²) in [5.41, 5.74) is 1.95. The predicted molar refractivity (Wildman–Crippen MR) is 72.8 cm³/mol. The van der Waals surface area contributed by atoms with Crippen LogP contribution in [0.2, 0.25) is 0 Å². The van der Waals surface area contributed by atoms with Crippen molar-refractivity contribution in [1.82, 2.24) is 14.6 Å². The van der Waals surface area contributed by atoms with Gasteiger partial charge < -0.3 is 0 Å². The lowest BCUT2D eigenvalue weighted by atomic mass is 10.0. The summed E-state index contributed by atoms with van der Waals surface area (Å²) in [5.74, 6) is 1.52. The van der Waals surface area contributed by atoms with Gasteiger partial charge in [-0.3, -0.25) is 0 Å². The van der Waals surface area contributed by atoms with Crippen molar-refractivity contribution in [2.45, 2.75) is 26.2 Å². The van der Waals surface area contributed by atoms with E-state index in [0.29, 0.717) is 12.2 Å². The summed E-state index contributed by atoms with van der Waals surface area (Å²) in [7, 11) is -2.85. The van der Waals surface area contributed by atoms with Crippen LogP contribution >= 0.6 is 0 Å². The molecule has 1 saturated heterocycles. The number of fused-ring (bicyclic) bond motifs is 1. The van der Waals surface area contributed by atoms with Gasteiger partial charge in [0.2, 0.25) is 0 Å². The van der Waals surface area contributed by atoms with Crippen molar-refractivity contribution in [3.63, 3.8) is 0 Å². The first-order valence-electron chi connectivity index (χ1n) is 6.54. The highest BCUT2D eigenvalue weighted by atomic mass is 32.2. The van der Waals surface area contributed by atoms with E-state index in [1.807, 2.05) is 25.3 Å². The standard InChI is InChI=1S/C13H17N3O2S/c1-10-4-5-13-14-12(15-16(13)8-10)7-11-3-2-6-19(17,18)9-11/h4-5,8,11H,2-3,6-7,9H2,1H3. The quantitative estimate of drug-likeness (QED) is 0.833. The zero-order chi connectivity index (χ0) is 13.5. The van der Waals surface area contributed by atoms with Gasteiger partial charge in [-0.25, -0.2) is 17.9 Å². The van der Waals surface area contributed by atoms with Crippen LogP contribution in [-0.4, -0.2) is 34.5 Å². The molecule has 0 bridgehead atoms. The number of pyridine rings is 1. The van der Waals surface area contributed by atoms with Gasteiger partial charge in [0.25, 0.3) is 0 Å². The highest BCUT2D eigenvalue weighted by molar-refractivity contribution is 7.91. The van der Waals surface area contributed by atoms with Crippen molar-refractivity contribution in [2.75, 3.05) is 11.5 Å². The molecule has 0 spiro atoms. The number of hydrogen-bond donors (Lipinski definition) is 0. The normalized spacial score (nSPS) is 22.7. The minimum Gasteiger partial charge on any atom is -0.229 e. The van der Waals surface area contributed by atoms with Gasteiger partial charge in [0.15, 0.2) is 21.3 Å². The fraction of sp³-hybridized carbons (Fsp3) is 0.538. The molecule has 0 saturated carbocycles. The van der Waals surface area contributed by atoms with Gasteiger partial charge in [-0.1, -0.05) is 6.07 Å². The number of sulfone groups is 1. The summed E-state index contributed by atoms with van der Waals surface area (Å²) >= 11 is 0. The number of aryl methyl sites for hydroxylation is 1. The van der Waals surface area contributed by atoms with Crippen LogP contribution in [0.3, 0.4) is 0 Å². The van der Waals surface area contributed by atoms with Crippen LogP contribution < -0.4 is 0 Å². The molecule has 1 aliphatic rings. The van der Waals surface area contributed by atoms with Crippen LogP contribution in [0.15, 0.2) is 18.3 Å². The summed E-state index contributed by atoms with van der Waals surface area (Å²) in [5, 5.41) is 4.43. The Morgan fingerprint density at radius 2 is 2.26 bits per heavy atom. The molecular formula is C13H17N3O2S. The van der Waals surface area contributed by atoms with E-state index < -0.39 is 9.84 Å². The van der Waals surface area contributed by atoms with Crippen LogP contribution in [0, 0.1) is 12.8 Å². The summed E-state index contributed by atoms with van der Waals surface area (Å²) in [6.07, 6.45) is 4.30. The molecule has 0 radical (unpaired) electrons. The molecular weight excluding hydrogens is 262 g/mol. The fourth-order valence-electron chi connectivity index (χ4n) is 2.66. The number of rotatable bonds is 2. The zero-order valence-corrected chi connectivity index (χ0v) is 11.7. The van der Waals surface area contributed by atoms with Crippen molar-refractivity contribution in [1.29, 1.82) is 0 Å². The van der Waals surface area contributed by atoms with Gasteiger partial charge in [-0.2, -0.15) is 5.10 Å². The molecule has 1 aliphatic heterocycles. The number of hydrogen-bond acceptors (Lipinski definition) is 4. The highest BCUT2D eigenvalue weighted by Gasteiger charge is 2.25. The molecule has 2 aromatic rings. The summed E-state index contributed by atoms with van der Waals surface area (Å²) in [6.45, 7) is 2.01. The zero-order valence-electron chi connectivity index (χ0n) is 10.9. The number of aromatic nitrogens is 3. The molecule has 1 unspecified atom stereocenters. The van der Waals surface area contributed by atoms with E-state index in [9.17, 15) is 8.42 Å². The summed E-state index contributed by atoms with van der Waals surface area (Å²) in [6, 6.07) is 3.93. The molecule has 102 valence electrons. The Morgan fingerprint density at radius 1 is 1.42 bits per heavy atom. The van der Waals surface area contributed by atoms with Gasteiger partial charge in [0, 0.05) is 12.6 Å². The van der Waals surface area contributed by atoms with Gasteiger partial charge in [-0.15, -0.1) is 0 Å². The second kappa shape index (κ2) is 4.59. The first-order chi connectivity index (χ1) is 9.02. The van der Waals surface area contributed by atoms with E-state index in [2.05, 4.69) is 10.1 Å². The first-order valence-corrected chi connectivity index (χ1v) is 8.36. The maximum atomic E-state index is 11.6. The molecule has 1 atom stereocenters. The Hall–Kier alpha value is -1.43. The molecule has 0 N–H and O–H groups in total. The Labute approximate surface area is 112 Å². The van der Waals surface area contributed by atoms with E-state index in [1.165, 1.54) is 0 Å². The molecule has 1 fully saturated rings. The van der Waals surface area contributed by atoms with E-state index >= 15 is 0 Å². The van der Waals surface area contributed by atoms with Gasteiger partial charge in [0.1, 0.15) is 0 Å². The lowest BCUT2D eigenvalue weighted by Crippen LogP contribution is -2.26. The van der Waals surface area contributed by atoms with E-state index in [4.69, 9.17) is 0 Å². The lowest BCUT2D eigenvalue weighted by molar-refractivity contribution is 0.475. The Kier molecular flexibility index (Phi) is 3.05. The van der Waals surface area contributed by atoms with E-state index in [0.717, 1.165) is 29.9 Å². The molecule has 5 nitrogen and oxygen atoms in total. The molecule has 0 amide bonds. The third-order valence-electron chi connectivity index (χ3n) is 3.55. The van der Waals surface area contributed by atoms with Gasteiger partial charge >= 0.3 is 0 Å². The van der Waals surface area contributed by atoms with E-state index in [-0.39, 0.29) is 11.7 Å². The van der Waals surface area contributed by atoms with Gasteiger partial charge in [0.05, 0.1) is 11.5 Å². The fourth-order valence-corrected chi connectivity index (χ4v) is 4.43. The molecule has 0 aromatic carbocycles. The second-order valence-electron chi connectivity index (χ2n) is 5.36. The third-order valence-corrected chi connectivity index (χ3v) is 5.44. The maximum Gasteiger partial charge on any atom is 0.155 e. The number of nitrogens with zero attached hydrogens (tertiary/aromatic N) is 3. The van der Waals surface area contributed by atoms with Gasteiger partial charge in [-0.05, 0) is 37.3 Å². The Morgan fingerprint density at radius 3 is 3.05 bits per heavy atom. The van der Waals surface area contributed by atoms with Crippen LogP contribution in [0.4, 0.5) is 0 Å². The SMILES string of the molecule is Cc1ccc2nc(CC3CCCS(=O)(=O)C3)nn2c1. The Balaban J connectivity index is 1.81. The average Bonchev–Trinajstić information content (AvgIpc) is 2.68. The molecule has 0 aliphatic carbocycles. The van der Waals surface area contributed by atoms with Crippen LogP contribution in [0.1, 0.15) is 24.2 Å². The van der Waals surface area contributed by atoms with Crippen molar-refractivity contribution >= 4 is 15.5 Å². The van der Waals surface area contributed by atoms with E-state index in [1.54, 1.807) is 4.52 Å². The third kappa shape index (κ3) is 2.78. The molecule has 2 aromatic heterocycles. The largest absolute Gasteiger partial charge is 0.229 e. The monoisotopic (exact) mass is 279 g/mol. The molecule has 6 heteroatoms. The van der Waals surface area contributed by atoms with Crippen molar-refractivity contribution in [2.24, 2.45) is 5.92 Å². The average molecular weight is 279 g/mol. The lowest BCUT2D eigenvalue weighted by Gasteiger charge is -2.20. The molecule has 19 heavy (non-hydrogen) atoms. The summed E-state index contributed by atoms with van der Waals surface area (Å²) < 4.78 is 25.0. The second-order valence-corrected chi connectivity index (χ2v) is 7.59. The van der Waals surface area contributed by atoms with Crippen LogP contribution in [-0.2, 0) is 16.3 Å². The minimum absolute atomic E-state index is 0.164. The van der Waals surface area contributed by atoms with Crippen molar-refractivity contribution < 1.29 is 8.42 Å². The molecule has 3 heterocycles. The van der Waals surface area contributed by atoms with Crippen molar-refractivity contribution in [3.8, 4) is 0 Å². The smallest absolute Gasteiger partial charge is 0.155 e. The first kappa shape index (κ1) is 12.6. The predicted octanol–water partition coefficient (Wildman–Crippen LogP) is 1.41. The van der Waals surface area contributed by atoms with Crippen LogP contribution in [0.5, 0.6) is 0 Å². The van der Waals surface area contributed by atoms with Crippen molar-refractivity contribution in [3.05, 3.63) is 29.7 Å². The Bertz CT molecular complexity index is 706. The van der Waals surface area contributed by atoms with Crippen LogP contribution in [0.25, 0.3) is 5.65 Å². The maximum absolute atomic E-state index is 11.6. The summed E-state index contributed by atoms with van der Waals surface area (Å²) in [4.78, 5) is 4.45. The highest BCUT2D eigenvalue weighted by Crippen LogP contribution is 2.21. The topological polar surface area (TPSA) is 64.3 Å².